The third kappa shape index (κ3) is 5.46. The number of fused-ring (bicyclic) bond motifs is 1. The van der Waals surface area contributed by atoms with Gasteiger partial charge in [-0.2, -0.15) is 0 Å². The van der Waals surface area contributed by atoms with E-state index in [4.69, 9.17) is 9.47 Å². The predicted octanol–water partition coefficient (Wildman–Crippen LogP) is 3.99. The Morgan fingerprint density at radius 3 is 2.73 bits per heavy atom. The number of para-hydroxylation sites is 1. The molecule has 1 aliphatic rings. The van der Waals surface area contributed by atoms with Crippen molar-refractivity contribution in [3.8, 4) is 11.5 Å². The van der Waals surface area contributed by atoms with Crippen LogP contribution >= 0.6 is 11.8 Å². The number of hydrogen-bond acceptors (Lipinski definition) is 6. The summed E-state index contributed by atoms with van der Waals surface area (Å²) in [5, 5.41) is 2.98. The Morgan fingerprint density at radius 1 is 1.15 bits per heavy atom. The van der Waals surface area contributed by atoms with Gasteiger partial charge in [-0.1, -0.05) is 18.2 Å². The molecule has 0 radical (unpaired) electrons. The summed E-state index contributed by atoms with van der Waals surface area (Å²) < 4.78 is 11.4. The van der Waals surface area contributed by atoms with E-state index in [9.17, 15) is 9.59 Å². The molecule has 2 heterocycles. The molecule has 1 aliphatic heterocycles. The van der Waals surface area contributed by atoms with Gasteiger partial charge in [0.25, 0.3) is 0 Å². The fourth-order valence-corrected chi connectivity index (χ4v) is 4.49. The number of anilines is 1. The maximum Gasteiger partial charge on any atom is 0.240 e. The van der Waals surface area contributed by atoms with E-state index in [1.54, 1.807) is 24.4 Å². The van der Waals surface area contributed by atoms with Crippen LogP contribution in [-0.4, -0.2) is 36.2 Å². The van der Waals surface area contributed by atoms with Gasteiger partial charge in [0, 0.05) is 17.3 Å². The summed E-state index contributed by atoms with van der Waals surface area (Å²) >= 11 is 1.49. The van der Waals surface area contributed by atoms with E-state index in [-0.39, 0.29) is 24.4 Å². The fraction of sp³-hybridized carbons (Fsp3) is 0.240. The number of carbonyl (C=O) groups is 2. The van der Waals surface area contributed by atoms with Crippen LogP contribution in [-0.2, 0) is 16.2 Å². The van der Waals surface area contributed by atoms with Crippen LogP contribution in [0.4, 0.5) is 5.69 Å². The first kappa shape index (κ1) is 22.7. The van der Waals surface area contributed by atoms with Crippen molar-refractivity contribution in [3.63, 3.8) is 0 Å². The molecule has 0 fully saturated rings. The molecule has 0 saturated heterocycles. The third-order valence-electron chi connectivity index (χ3n) is 5.32. The average Bonchev–Trinajstić information content (AvgIpc) is 2.85. The lowest BCUT2D eigenvalue weighted by Crippen LogP contribution is -2.43. The lowest BCUT2D eigenvalue weighted by molar-refractivity contribution is -0.123. The summed E-state index contributed by atoms with van der Waals surface area (Å²) in [5.74, 6) is 1.23. The molecule has 1 aromatic heterocycles. The van der Waals surface area contributed by atoms with Gasteiger partial charge in [-0.05, 0) is 54.4 Å². The standard InChI is InChI=1S/C25H25N3O4S/c1-17(27-24(29)14-28-20-5-3-4-6-23(20)33-16-25(28)30)19-7-8-21(22(13-19)31-2)32-15-18-9-11-26-12-10-18/h3-13,17H,14-16H2,1-2H3,(H,27,29). The van der Waals surface area contributed by atoms with Gasteiger partial charge in [0.15, 0.2) is 11.5 Å². The van der Waals surface area contributed by atoms with Gasteiger partial charge < -0.3 is 19.7 Å². The van der Waals surface area contributed by atoms with E-state index in [1.165, 1.54) is 11.8 Å². The summed E-state index contributed by atoms with van der Waals surface area (Å²) in [5.41, 5.74) is 2.65. The number of aromatic nitrogens is 1. The summed E-state index contributed by atoms with van der Waals surface area (Å²) in [6.07, 6.45) is 3.44. The van der Waals surface area contributed by atoms with Crippen LogP contribution in [0.5, 0.6) is 11.5 Å². The van der Waals surface area contributed by atoms with E-state index in [0.29, 0.717) is 23.9 Å². The maximum atomic E-state index is 12.8. The smallest absolute Gasteiger partial charge is 0.240 e. The molecule has 3 aromatic rings. The lowest BCUT2D eigenvalue weighted by Gasteiger charge is -2.29. The molecule has 170 valence electrons. The zero-order valence-electron chi connectivity index (χ0n) is 18.5. The minimum absolute atomic E-state index is 0.0228. The van der Waals surface area contributed by atoms with E-state index in [0.717, 1.165) is 21.7 Å². The molecule has 0 bridgehead atoms. The van der Waals surface area contributed by atoms with Crippen molar-refractivity contribution in [2.45, 2.75) is 24.5 Å². The van der Waals surface area contributed by atoms with Crippen molar-refractivity contribution in [2.75, 3.05) is 24.3 Å². The van der Waals surface area contributed by atoms with Crippen LogP contribution in [0.2, 0.25) is 0 Å². The van der Waals surface area contributed by atoms with E-state index in [2.05, 4.69) is 10.3 Å². The molecule has 7 nitrogen and oxygen atoms in total. The second-order valence-corrected chi connectivity index (χ2v) is 8.60. The minimum Gasteiger partial charge on any atom is -0.493 e. The normalized spacial score (nSPS) is 13.8. The highest BCUT2D eigenvalue weighted by Gasteiger charge is 2.26. The highest BCUT2D eigenvalue weighted by molar-refractivity contribution is 8.00. The molecule has 8 heteroatoms. The van der Waals surface area contributed by atoms with E-state index in [1.807, 2.05) is 61.5 Å². The third-order valence-corrected chi connectivity index (χ3v) is 6.37. The molecular weight excluding hydrogens is 438 g/mol. The monoisotopic (exact) mass is 463 g/mol. The first-order chi connectivity index (χ1) is 16.0. The van der Waals surface area contributed by atoms with Crippen molar-refractivity contribution in [1.29, 1.82) is 0 Å². The first-order valence-corrected chi connectivity index (χ1v) is 11.5. The number of nitrogens with zero attached hydrogens (tertiary/aromatic N) is 2. The Hall–Kier alpha value is -3.52. The topological polar surface area (TPSA) is 80.8 Å². The minimum atomic E-state index is -0.273. The quantitative estimate of drug-likeness (QED) is 0.544. The highest BCUT2D eigenvalue weighted by Crippen LogP contribution is 2.35. The Labute approximate surface area is 197 Å². The molecule has 33 heavy (non-hydrogen) atoms. The van der Waals surface area contributed by atoms with Crippen molar-refractivity contribution in [2.24, 2.45) is 0 Å². The number of hydrogen-bond donors (Lipinski definition) is 1. The van der Waals surface area contributed by atoms with Crippen LogP contribution in [0.25, 0.3) is 0 Å². The van der Waals surface area contributed by atoms with Crippen LogP contribution < -0.4 is 19.7 Å². The van der Waals surface area contributed by atoms with Crippen molar-refractivity contribution in [3.05, 3.63) is 78.1 Å². The van der Waals surface area contributed by atoms with Gasteiger partial charge in [-0.15, -0.1) is 11.8 Å². The maximum absolute atomic E-state index is 12.8. The molecule has 0 aliphatic carbocycles. The summed E-state index contributed by atoms with van der Waals surface area (Å²) in [4.78, 5) is 31.7. The van der Waals surface area contributed by atoms with Crippen LogP contribution in [0.15, 0.2) is 71.9 Å². The summed E-state index contributed by atoms with van der Waals surface area (Å²) in [6.45, 7) is 2.27. The number of amides is 2. The van der Waals surface area contributed by atoms with Gasteiger partial charge in [-0.25, -0.2) is 0 Å². The van der Waals surface area contributed by atoms with Gasteiger partial charge in [0.05, 0.1) is 24.6 Å². The molecule has 1 unspecified atom stereocenters. The van der Waals surface area contributed by atoms with Crippen LogP contribution in [0.1, 0.15) is 24.1 Å². The number of pyridine rings is 1. The predicted molar refractivity (Wildman–Crippen MR) is 128 cm³/mol. The number of methoxy groups -OCH3 is 1. The number of ether oxygens (including phenoxy) is 2. The van der Waals surface area contributed by atoms with E-state index >= 15 is 0 Å². The number of nitrogens with one attached hydrogen (secondary N) is 1. The van der Waals surface area contributed by atoms with Gasteiger partial charge in [0.1, 0.15) is 13.2 Å². The largest absolute Gasteiger partial charge is 0.493 e. The summed E-state index contributed by atoms with van der Waals surface area (Å²) in [7, 11) is 1.58. The number of benzene rings is 2. The van der Waals surface area contributed by atoms with Gasteiger partial charge in [-0.3, -0.25) is 14.6 Å². The van der Waals surface area contributed by atoms with Crippen molar-refractivity contribution >= 4 is 29.3 Å². The van der Waals surface area contributed by atoms with Gasteiger partial charge >= 0.3 is 0 Å². The Bertz CT molecular complexity index is 1140. The van der Waals surface area contributed by atoms with Crippen molar-refractivity contribution < 1.29 is 19.1 Å². The lowest BCUT2D eigenvalue weighted by atomic mass is 10.1. The molecule has 4 rings (SSSR count). The highest BCUT2D eigenvalue weighted by atomic mass is 32.2. The molecule has 1 N–H and O–H groups in total. The van der Waals surface area contributed by atoms with Crippen molar-refractivity contribution in [1.82, 2.24) is 10.3 Å². The number of carbonyl (C=O) groups excluding carboxylic acids is 2. The zero-order chi connectivity index (χ0) is 23.2. The number of thioether (sulfide) groups is 1. The number of rotatable bonds is 8. The Balaban J connectivity index is 1.40. The fourth-order valence-electron chi connectivity index (χ4n) is 3.55. The first-order valence-electron chi connectivity index (χ1n) is 10.6. The van der Waals surface area contributed by atoms with Crippen LogP contribution in [0.3, 0.4) is 0 Å². The SMILES string of the molecule is COc1cc(C(C)NC(=O)CN2C(=O)CSc3ccccc32)ccc1OCc1ccncc1. The van der Waals surface area contributed by atoms with E-state index < -0.39 is 0 Å². The molecule has 2 aromatic carbocycles. The average molecular weight is 464 g/mol. The Morgan fingerprint density at radius 2 is 1.94 bits per heavy atom. The molecule has 2 amide bonds. The molecule has 0 saturated carbocycles. The van der Waals surface area contributed by atoms with Crippen LogP contribution in [0, 0.1) is 0 Å². The molecular formula is C25H25N3O4S. The zero-order valence-corrected chi connectivity index (χ0v) is 19.3. The molecule has 0 spiro atoms. The second kappa shape index (κ2) is 10.4. The molecule has 1 atom stereocenters. The summed E-state index contributed by atoms with van der Waals surface area (Å²) in [6, 6.07) is 16.7. The Kier molecular flexibility index (Phi) is 7.14. The second-order valence-electron chi connectivity index (χ2n) is 7.58. The van der Waals surface area contributed by atoms with Gasteiger partial charge in [0.2, 0.25) is 11.8 Å².